The number of thiophene rings is 1. The molecule has 0 amide bonds. The maximum Gasteiger partial charge on any atom is 0.164 e. The highest BCUT2D eigenvalue weighted by atomic mass is 32.1. The lowest BCUT2D eigenvalue weighted by Crippen LogP contribution is -2.00. The molecule has 0 spiro atoms. The predicted octanol–water partition coefficient (Wildman–Crippen LogP) is 10.6. The standard InChI is InChI=1S/C40H24N4S/c1-3-12-25(13-4-1)38-42-39(26-14-5-2-6-15-26)44-40(43-38)28-17-11-16-27(24-28)35-31-20-8-7-18-29(31)32-22-23-33-30-19-9-10-21-34(30)45-37(33)36(32)41-35/h1-24H. The molecule has 3 heterocycles. The molecule has 9 rings (SSSR count). The van der Waals surface area contributed by atoms with Crippen molar-refractivity contribution in [1.29, 1.82) is 0 Å². The van der Waals surface area contributed by atoms with E-state index in [1.807, 2.05) is 72.0 Å². The molecular weight excluding hydrogens is 569 g/mol. The van der Waals surface area contributed by atoms with Crippen molar-refractivity contribution < 1.29 is 0 Å². The molecule has 0 aliphatic heterocycles. The summed E-state index contributed by atoms with van der Waals surface area (Å²) in [5, 5.41) is 6.00. The van der Waals surface area contributed by atoms with E-state index in [0.29, 0.717) is 17.5 Å². The molecule has 0 radical (unpaired) electrons. The first-order valence-electron chi connectivity index (χ1n) is 14.9. The summed E-state index contributed by atoms with van der Waals surface area (Å²) in [6.07, 6.45) is 0. The normalized spacial score (nSPS) is 11.6. The summed E-state index contributed by atoms with van der Waals surface area (Å²) in [5.41, 5.74) is 5.81. The fourth-order valence-electron chi connectivity index (χ4n) is 6.16. The zero-order valence-corrected chi connectivity index (χ0v) is 24.9. The van der Waals surface area contributed by atoms with E-state index < -0.39 is 0 Å². The van der Waals surface area contributed by atoms with Gasteiger partial charge in [-0.25, -0.2) is 19.9 Å². The minimum atomic E-state index is 0.626. The lowest BCUT2D eigenvalue weighted by molar-refractivity contribution is 1.07. The third kappa shape index (κ3) is 4.36. The number of aromatic nitrogens is 4. The van der Waals surface area contributed by atoms with Crippen molar-refractivity contribution in [3.63, 3.8) is 0 Å². The smallest absolute Gasteiger partial charge is 0.164 e. The summed E-state index contributed by atoms with van der Waals surface area (Å²) < 4.78 is 2.49. The molecule has 45 heavy (non-hydrogen) atoms. The van der Waals surface area contributed by atoms with Crippen LogP contribution in [-0.2, 0) is 0 Å². The van der Waals surface area contributed by atoms with Gasteiger partial charge in [-0.1, -0.05) is 133 Å². The van der Waals surface area contributed by atoms with Crippen molar-refractivity contribution in [3.05, 3.63) is 146 Å². The number of benzene rings is 6. The van der Waals surface area contributed by atoms with Crippen LogP contribution in [0, 0.1) is 0 Å². The Morgan fingerprint density at radius 1 is 0.356 bits per heavy atom. The highest BCUT2D eigenvalue weighted by molar-refractivity contribution is 7.26. The van der Waals surface area contributed by atoms with Gasteiger partial charge in [0.05, 0.1) is 15.9 Å². The monoisotopic (exact) mass is 592 g/mol. The van der Waals surface area contributed by atoms with Crippen molar-refractivity contribution in [2.24, 2.45) is 0 Å². The number of rotatable bonds is 4. The van der Waals surface area contributed by atoms with E-state index in [1.165, 1.54) is 30.9 Å². The average Bonchev–Trinajstić information content (AvgIpc) is 3.51. The third-order valence-corrected chi connectivity index (χ3v) is 9.50. The molecule has 0 bridgehead atoms. The number of pyridine rings is 1. The van der Waals surface area contributed by atoms with Crippen molar-refractivity contribution in [2.45, 2.75) is 0 Å². The summed E-state index contributed by atoms with van der Waals surface area (Å²) in [7, 11) is 0. The second-order valence-electron chi connectivity index (χ2n) is 11.1. The first kappa shape index (κ1) is 25.7. The molecule has 9 aromatic rings. The highest BCUT2D eigenvalue weighted by Gasteiger charge is 2.17. The van der Waals surface area contributed by atoms with Gasteiger partial charge in [0.25, 0.3) is 0 Å². The van der Waals surface area contributed by atoms with E-state index >= 15 is 0 Å². The molecule has 0 N–H and O–H groups in total. The van der Waals surface area contributed by atoms with Crippen LogP contribution in [0.25, 0.3) is 87.3 Å². The Bertz CT molecular complexity index is 2480. The SMILES string of the molecule is c1ccc(-c2nc(-c3ccccc3)nc(-c3cccc(-c4nc5c(ccc6c7ccccc7sc65)c5ccccc45)c3)n2)cc1. The van der Waals surface area contributed by atoms with Crippen LogP contribution in [0.5, 0.6) is 0 Å². The molecule has 0 fully saturated rings. The number of nitrogens with zero attached hydrogens (tertiary/aromatic N) is 4. The molecule has 0 saturated carbocycles. The van der Waals surface area contributed by atoms with Crippen molar-refractivity contribution in [1.82, 2.24) is 19.9 Å². The van der Waals surface area contributed by atoms with Crippen molar-refractivity contribution in [3.8, 4) is 45.4 Å². The van der Waals surface area contributed by atoms with Gasteiger partial charge in [-0.3, -0.25) is 0 Å². The topological polar surface area (TPSA) is 51.6 Å². The maximum atomic E-state index is 5.42. The van der Waals surface area contributed by atoms with Crippen LogP contribution >= 0.6 is 11.3 Å². The zero-order chi connectivity index (χ0) is 29.7. The summed E-state index contributed by atoms with van der Waals surface area (Å²) in [4.78, 5) is 20.2. The molecule has 0 atom stereocenters. The van der Waals surface area contributed by atoms with Gasteiger partial charge in [0.2, 0.25) is 0 Å². The molecule has 6 aromatic carbocycles. The molecule has 0 aliphatic rings. The van der Waals surface area contributed by atoms with Crippen LogP contribution in [0.2, 0.25) is 0 Å². The fraction of sp³-hybridized carbons (Fsp3) is 0. The molecule has 5 heteroatoms. The van der Waals surface area contributed by atoms with E-state index in [4.69, 9.17) is 19.9 Å². The average molecular weight is 593 g/mol. The second-order valence-corrected chi connectivity index (χ2v) is 12.1. The van der Waals surface area contributed by atoms with Gasteiger partial charge in [0, 0.05) is 48.5 Å². The number of fused-ring (bicyclic) bond motifs is 7. The van der Waals surface area contributed by atoms with Crippen molar-refractivity contribution >= 4 is 53.2 Å². The van der Waals surface area contributed by atoms with Crippen LogP contribution < -0.4 is 0 Å². The van der Waals surface area contributed by atoms with E-state index in [1.54, 1.807) is 0 Å². The van der Waals surface area contributed by atoms with E-state index in [0.717, 1.165) is 38.9 Å². The maximum absolute atomic E-state index is 5.42. The van der Waals surface area contributed by atoms with Crippen LogP contribution in [0.4, 0.5) is 0 Å². The van der Waals surface area contributed by atoms with Gasteiger partial charge >= 0.3 is 0 Å². The Morgan fingerprint density at radius 2 is 0.889 bits per heavy atom. The van der Waals surface area contributed by atoms with Gasteiger partial charge < -0.3 is 0 Å². The molecule has 210 valence electrons. The number of hydrogen-bond donors (Lipinski definition) is 0. The van der Waals surface area contributed by atoms with E-state index in [2.05, 4.69) is 84.9 Å². The first-order chi connectivity index (χ1) is 22.3. The van der Waals surface area contributed by atoms with Crippen LogP contribution in [0.3, 0.4) is 0 Å². The molecule has 3 aromatic heterocycles. The Labute approximate surface area is 263 Å². The molecule has 0 saturated heterocycles. The van der Waals surface area contributed by atoms with Crippen LogP contribution in [-0.4, -0.2) is 19.9 Å². The lowest BCUT2D eigenvalue weighted by atomic mass is 9.98. The summed E-state index contributed by atoms with van der Waals surface area (Å²) in [6.45, 7) is 0. The van der Waals surface area contributed by atoms with Gasteiger partial charge in [-0.2, -0.15) is 0 Å². The van der Waals surface area contributed by atoms with Gasteiger partial charge in [-0.15, -0.1) is 11.3 Å². The van der Waals surface area contributed by atoms with E-state index in [9.17, 15) is 0 Å². The van der Waals surface area contributed by atoms with Gasteiger partial charge in [0.15, 0.2) is 17.5 Å². The number of hydrogen-bond acceptors (Lipinski definition) is 5. The Morgan fingerprint density at radius 3 is 1.60 bits per heavy atom. The first-order valence-corrected chi connectivity index (χ1v) is 15.7. The highest BCUT2D eigenvalue weighted by Crippen LogP contribution is 2.41. The minimum Gasteiger partial charge on any atom is -0.246 e. The summed E-state index contributed by atoms with van der Waals surface area (Å²) in [5.74, 6) is 1.92. The van der Waals surface area contributed by atoms with E-state index in [-0.39, 0.29) is 0 Å². The lowest BCUT2D eigenvalue weighted by Gasteiger charge is -2.12. The minimum absolute atomic E-state index is 0.626. The predicted molar refractivity (Wildman–Crippen MR) is 187 cm³/mol. The zero-order valence-electron chi connectivity index (χ0n) is 24.1. The Kier molecular flexibility index (Phi) is 5.96. The fourth-order valence-corrected chi connectivity index (χ4v) is 7.36. The summed E-state index contributed by atoms with van der Waals surface area (Å²) >= 11 is 1.81. The molecule has 4 nitrogen and oxygen atoms in total. The largest absolute Gasteiger partial charge is 0.246 e. The second kappa shape index (κ2) is 10.4. The molecule has 0 aliphatic carbocycles. The van der Waals surface area contributed by atoms with Gasteiger partial charge in [-0.05, 0) is 17.5 Å². The summed E-state index contributed by atoms with van der Waals surface area (Å²) in [6, 6.07) is 50.2. The quantitative estimate of drug-likeness (QED) is 0.191. The Balaban J connectivity index is 1.27. The molecular formula is C40H24N4S. The Hall–Kier alpha value is -5.78. The van der Waals surface area contributed by atoms with Crippen LogP contribution in [0.15, 0.2) is 146 Å². The van der Waals surface area contributed by atoms with Crippen molar-refractivity contribution in [2.75, 3.05) is 0 Å². The van der Waals surface area contributed by atoms with Crippen LogP contribution in [0.1, 0.15) is 0 Å². The van der Waals surface area contributed by atoms with Gasteiger partial charge in [0.1, 0.15) is 0 Å². The molecule has 0 unspecified atom stereocenters. The third-order valence-electron chi connectivity index (χ3n) is 8.31.